The quantitative estimate of drug-likeness (QED) is 0.490. The van der Waals surface area contributed by atoms with Crippen LogP contribution in [0.4, 0.5) is 0 Å². The number of hydrogen-bond acceptors (Lipinski definition) is 8. The first kappa shape index (κ1) is 23.6. The lowest BCUT2D eigenvalue weighted by molar-refractivity contribution is -0.140. The van der Waals surface area contributed by atoms with E-state index in [4.69, 9.17) is 9.47 Å². The lowest BCUT2D eigenvalue weighted by atomic mass is 10.2. The highest BCUT2D eigenvalue weighted by atomic mass is 16.5. The second-order valence-electron chi connectivity index (χ2n) is 8.75. The molecule has 1 aliphatic heterocycles. The number of amides is 1. The molecule has 1 aliphatic rings. The molecule has 0 saturated carbocycles. The van der Waals surface area contributed by atoms with Crippen molar-refractivity contribution >= 4 is 17.1 Å². The van der Waals surface area contributed by atoms with Gasteiger partial charge in [-0.1, -0.05) is 13.8 Å². The first-order chi connectivity index (χ1) is 16.2. The maximum Gasteiger partial charge on any atom is 0.332 e. The zero-order valence-corrected chi connectivity index (χ0v) is 20.0. The molecular weight excluding hydrogens is 442 g/mol. The molecule has 0 radical (unpaired) electrons. The number of aromatic nitrogens is 6. The van der Waals surface area contributed by atoms with Crippen molar-refractivity contribution in [1.29, 1.82) is 0 Å². The predicted octanol–water partition coefficient (Wildman–Crippen LogP) is -0.0381. The molecular formula is C22H29N7O5. The van der Waals surface area contributed by atoms with Gasteiger partial charge in [0.1, 0.15) is 25.1 Å². The summed E-state index contributed by atoms with van der Waals surface area (Å²) in [6.07, 6.45) is 1.09. The maximum atomic E-state index is 13.0. The van der Waals surface area contributed by atoms with Gasteiger partial charge in [0, 0.05) is 38.3 Å². The summed E-state index contributed by atoms with van der Waals surface area (Å²) in [4.78, 5) is 52.5. The molecule has 12 nitrogen and oxygen atoms in total. The van der Waals surface area contributed by atoms with Crippen molar-refractivity contribution in [3.8, 4) is 5.88 Å². The third kappa shape index (κ3) is 4.58. The van der Waals surface area contributed by atoms with E-state index in [1.165, 1.54) is 22.5 Å². The van der Waals surface area contributed by atoms with Crippen LogP contribution >= 0.6 is 0 Å². The van der Waals surface area contributed by atoms with Gasteiger partial charge in [-0.05, 0) is 6.92 Å². The van der Waals surface area contributed by atoms with Crippen LogP contribution in [0.1, 0.15) is 31.3 Å². The van der Waals surface area contributed by atoms with Crippen molar-refractivity contribution in [2.75, 3.05) is 26.3 Å². The standard InChI is InChI=1S/C22H29N7O5/c1-13(2)19-24-14(3)8-16(25-19)34-11-15-9-28(6-7-33-15)17(30)10-29-12-23-20-18(29)21(31)27(5)22(32)26(20)4/h8,12-13,15H,6-7,9-11H2,1-5H3. The molecule has 0 bridgehead atoms. The summed E-state index contributed by atoms with van der Waals surface area (Å²) in [6, 6.07) is 1.77. The molecule has 34 heavy (non-hydrogen) atoms. The number of fused-ring (bicyclic) bond motifs is 1. The predicted molar refractivity (Wildman–Crippen MR) is 123 cm³/mol. The first-order valence-electron chi connectivity index (χ1n) is 11.1. The van der Waals surface area contributed by atoms with E-state index >= 15 is 0 Å². The van der Waals surface area contributed by atoms with Crippen molar-refractivity contribution in [3.63, 3.8) is 0 Å². The Morgan fingerprint density at radius 1 is 1.24 bits per heavy atom. The van der Waals surface area contributed by atoms with Crippen LogP contribution in [-0.2, 0) is 30.2 Å². The number of aryl methyl sites for hydroxylation is 2. The van der Waals surface area contributed by atoms with E-state index in [-0.39, 0.29) is 42.2 Å². The van der Waals surface area contributed by atoms with Crippen LogP contribution in [0.25, 0.3) is 11.2 Å². The summed E-state index contributed by atoms with van der Waals surface area (Å²) in [7, 11) is 2.94. The van der Waals surface area contributed by atoms with Crippen molar-refractivity contribution in [3.05, 3.63) is 44.8 Å². The minimum absolute atomic E-state index is 0.0691. The van der Waals surface area contributed by atoms with Crippen LogP contribution in [0.2, 0.25) is 0 Å². The van der Waals surface area contributed by atoms with Gasteiger partial charge >= 0.3 is 5.69 Å². The summed E-state index contributed by atoms with van der Waals surface area (Å²) in [6.45, 7) is 7.26. The van der Waals surface area contributed by atoms with Crippen LogP contribution in [0.3, 0.4) is 0 Å². The fourth-order valence-electron chi connectivity index (χ4n) is 3.88. The minimum atomic E-state index is -0.488. The van der Waals surface area contributed by atoms with E-state index < -0.39 is 11.2 Å². The Bertz CT molecular complexity index is 1340. The Balaban J connectivity index is 1.44. The summed E-state index contributed by atoms with van der Waals surface area (Å²) in [5, 5.41) is 0. The smallest absolute Gasteiger partial charge is 0.332 e. The van der Waals surface area contributed by atoms with Gasteiger partial charge < -0.3 is 18.9 Å². The lowest BCUT2D eigenvalue weighted by Crippen LogP contribution is -2.48. The number of ether oxygens (including phenoxy) is 2. The molecule has 1 atom stereocenters. The molecule has 0 N–H and O–H groups in total. The average molecular weight is 472 g/mol. The minimum Gasteiger partial charge on any atom is -0.475 e. The molecule has 3 aromatic heterocycles. The normalized spacial score (nSPS) is 16.4. The van der Waals surface area contributed by atoms with Gasteiger partial charge in [-0.2, -0.15) is 4.98 Å². The van der Waals surface area contributed by atoms with Crippen LogP contribution in [0.15, 0.2) is 22.0 Å². The van der Waals surface area contributed by atoms with Gasteiger partial charge in [0.05, 0.1) is 19.5 Å². The van der Waals surface area contributed by atoms with E-state index in [2.05, 4.69) is 15.0 Å². The zero-order chi connectivity index (χ0) is 24.6. The van der Waals surface area contributed by atoms with Gasteiger partial charge in [0.15, 0.2) is 11.2 Å². The summed E-state index contributed by atoms with van der Waals surface area (Å²) < 4.78 is 15.4. The summed E-state index contributed by atoms with van der Waals surface area (Å²) >= 11 is 0. The third-order valence-corrected chi connectivity index (χ3v) is 5.80. The Morgan fingerprint density at radius 2 is 2.00 bits per heavy atom. The molecule has 4 rings (SSSR count). The van der Waals surface area contributed by atoms with E-state index in [9.17, 15) is 14.4 Å². The van der Waals surface area contributed by atoms with E-state index in [1.54, 1.807) is 18.0 Å². The number of carbonyl (C=O) groups is 1. The van der Waals surface area contributed by atoms with Crippen LogP contribution in [0.5, 0.6) is 5.88 Å². The van der Waals surface area contributed by atoms with Crippen LogP contribution in [0, 0.1) is 6.92 Å². The van der Waals surface area contributed by atoms with E-state index in [0.29, 0.717) is 31.4 Å². The highest BCUT2D eigenvalue weighted by molar-refractivity contribution is 5.79. The van der Waals surface area contributed by atoms with Crippen molar-refractivity contribution in [2.24, 2.45) is 14.1 Å². The summed E-state index contributed by atoms with van der Waals surface area (Å²) in [5.74, 6) is 1.20. The third-order valence-electron chi connectivity index (χ3n) is 5.80. The lowest BCUT2D eigenvalue weighted by Gasteiger charge is -2.32. The number of carbonyl (C=O) groups excluding carboxylic acids is 1. The Kier molecular flexibility index (Phi) is 6.51. The number of morpholine rings is 1. The monoisotopic (exact) mass is 471 g/mol. The van der Waals surface area contributed by atoms with Gasteiger partial charge in [0.2, 0.25) is 11.8 Å². The maximum absolute atomic E-state index is 13.0. The van der Waals surface area contributed by atoms with Crippen molar-refractivity contribution < 1.29 is 14.3 Å². The Morgan fingerprint density at radius 3 is 2.74 bits per heavy atom. The Hall–Kier alpha value is -3.54. The largest absolute Gasteiger partial charge is 0.475 e. The summed E-state index contributed by atoms with van der Waals surface area (Å²) in [5.41, 5.74) is 0.328. The van der Waals surface area contributed by atoms with Gasteiger partial charge in [-0.3, -0.25) is 18.7 Å². The number of rotatable bonds is 6. The second kappa shape index (κ2) is 9.37. The van der Waals surface area contributed by atoms with Crippen molar-refractivity contribution in [1.82, 2.24) is 33.6 Å². The molecule has 4 heterocycles. The molecule has 3 aromatic rings. The van der Waals surface area contributed by atoms with E-state index in [1.807, 2.05) is 20.8 Å². The molecule has 1 fully saturated rings. The van der Waals surface area contributed by atoms with E-state index in [0.717, 1.165) is 10.3 Å². The molecule has 12 heteroatoms. The van der Waals surface area contributed by atoms with Gasteiger partial charge in [0.25, 0.3) is 5.56 Å². The molecule has 0 aliphatic carbocycles. The number of imidazole rings is 1. The topological polar surface area (TPSA) is 126 Å². The first-order valence-corrected chi connectivity index (χ1v) is 11.1. The number of nitrogens with zero attached hydrogens (tertiary/aromatic N) is 7. The SMILES string of the molecule is Cc1cc(OCC2CN(C(=O)Cn3cnc4c3c(=O)n(C)c(=O)n4C)CCO2)nc(C(C)C)n1. The van der Waals surface area contributed by atoms with Crippen LogP contribution in [-0.4, -0.2) is 71.9 Å². The molecule has 1 unspecified atom stereocenters. The van der Waals surface area contributed by atoms with Gasteiger partial charge in [-0.15, -0.1) is 0 Å². The molecule has 182 valence electrons. The zero-order valence-electron chi connectivity index (χ0n) is 20.0. The second-order valence-corrected chi connectivity index (χ2v) is 8.75. The molecule has 1 amide bonds. The fourth-order valence-corrected chi connectivity index (χ4v) is 3.88. The highest BCUT2D eigenvalue weighted by Crippen LogP contribution is 2.16. The fraction of sp³-hybridized carbons (Fsp3) is 0.545. The molecule has 0 spiro atoms. The van der Waals surface area contributed by atoms with Gasteiger partial charge in [-0.25, -0.2) is 14.8 Å². The van der Waals surface area contributed by atoms with Crippen molar-refractivity contribution in [2.45, 2.75) is 39.3 Å². The Labute approximate surface area is 195 Å². The average Bonchev–Trinajstić information content (AvgIpc) is 3.23. The molecule has 0 aromatic carbocycles. The highest BCUT2D eigenvalue weighted by Gasteiger charge is 2.26. The van der Waals surface area contributed by atoms with Crippen LogP contribution < -0.4 is 16.0 Å². The molecule has 1 saturated heterocycles. The number of hydrogen-bond donors (Lipinski definition) is 0.